The highest BCUT2D eigenvalue weighted by Gasteiger charge is 2.30. The molecule has 0 saturated heterocycles. The number of carbonyl (C=O) groups excluding carboxylic acids is 1. The molecule has 0 spiro atoms. The van der Waals surface area contributed by atoms with Crippen molar-refractivity contribution in [1.82, 2.24) is 4.90 Å². The first-order valence-corrected chi connectivity index (χ1v) is 5.71. The highest BCUT2D eigenvalue weighted by Crippen LogP contribution is 2.19. The predicted molar refractivity (Wildman–Crippen MR) is 66.2 cm³/mol. The zero-order valence-corrected chi connectivity index (χ0v) is 11.5. The second-order valence-electron chi connectivity index (χ2n) is 5.43. The van der Waals surface area contributed by atoms with Crippen LogP contribution in [0.4, 0.5) is 0 Å². The van der Waals surface area contributed by atoms with Crippen LogP contribution in [0.5, 0.6) is 0 Å². The lowest BCUT2D eigenvalue weighted by atomic mass is 9.96. The lowest BCUT2D eigenvalue weighted by Crippen LogP contribution is -2.53. The molecule has 0 aromatic heterocycles. The van der Waals surface area contributed by atoms with Crippen LogP contribution in [0, 0.1) is 0 Å². The van der Waals surface area contributed by atoms with Gasteiger partial charge in [-0.05, 0) is 34.1 Å². The Morgan fingerprint density at radius 2 is 1.81 bits per heavy atom. The number of ether oxygens (including phenoxy) is 1. The molecule has 96 valence electrons. The molecule has 0 aliphatic heterocycles. The quantitative estimate of drug-likeness (QED) is 0.671. The Bertz CT molecular complexity index is 232. The molecule has 0 unspecified atom stereocenters. The molecule has 0 aliphatic carbocycles. The molecular weight excluding hydrogens is 204 g/mol. The number of Topliss-reactive ketones (excluding diaryl/α,β-unsaturated/α-hetero) is 1. The van der Waals surface area contributed by atoms with Crippen molar-refractivity contribution in [1.29, 1.82) is 0 Å². The van der Waals surface area contributed by atoms with E-state index in [0.717, 1.165) is 6.42 Å². The van der Waals surface area contributed by atoms with E-state index in [4.69, 9.17) is 10.5 Å². The van der Waals surface area contributed by atoms with Crippen LogP contribution in [0.25, 0.3) is 0 Å². The summed E-state index contributed by atoms with van der Waals surface area (Å²) in [5.41, 5.74) is 4.95. The molecule has 4 heteroatoms. The van der Waals surface area contributed by atoms with Crippen molar-refractivity contribution in [2.45, 2.75) is 52.1 Å². The van der Waals surface area contributed by atoms with Crippen LogP contribution < -0.4 is 5.73 Å². The second kappa shape index (κ2) is 5.75. The van der Waals surface area contributed by atoms with E-state index in [1.165, 1.54) is 0 Å². The number of ketones is 1. The summed E-state index contributed by atoms with van der Waals surface area (Å²) in [6.45, 7) is 10.5. The summed E-state index contributed by atoms with van der Waals surface area (Å²) in [5, 5.41) is 0. The van der Waals surface area contributed by atoms with Crippen LogP contribution in [0.15, 0.2) is 0 Å². The standard InChI is InChI=1S/C12H26N2O2/c1-7-11(2,3)14(9-16-6)8-10(15)12(4,5)13/h7-9,13H2,1-6H3. The van der Waals surface area contributed by atoms with E-state index in [0.29, 0.717) is 13.3 Å². The first kappa shape index (κ1) is 15.6. The van der Waals surface area contributed by atoms with E-state index < -0.39 is 5.54 Å². The molecule has 0 rings (SSSR count). The fourth-order valence-corrected chi connectivity index (χ4v) is 1.19. The third-order valence-electron chi connectivity index (χ3n) is 3.06. The number of methoxy groups -OCH3 is 1. The molecule has 0 aromatic carbocycles. The number of rotatable bonds is 7. The molecule has 0 aliphatic rings. The number of nitrogens with two attached hydrogens (primary N) is 1. The Morgan fingerprint density at radius 3 is 2.12 bits per heavy atom. The average molecular weight is 230 g/mol. The van der Waals surface area contributed by atoms with E-state index >= 15 is 0 Å². The Balaban J connectivity index is 4.64. The molecule has 0 fully saturated rings. The topological polar surface area (TPSA) is 55.6 Å². The van der Waals surface area contributed by atoms with Gasteiger partial charge >= 0.3 is 0 Å². The van der Waals surface area contributed by atoms with Crippen molar-refractivity contribution in [2.75, 3.05) is 20.4 Å². The summed E-state index contributed by atoms with van der Waals surface area (Å²) in [6.07, 6.45) is 0.953. The monoisotopic (exact) mass is 230 g/mol. The summed E-state index contributed by atoms with van der Waals surface area (Å²) in [5.74, 6) is 0.0334. The second-order valence-corrected chi connectivity index (χ2v) is 5.43. The average Bonchev–Trinajstić information content (AvgIpc) is 2.15. The largest absolute Gasteiger partial charge is 0.369 e. The smallest absolute Gasteiger partial charge is 0.166 e. The van der Waals surface area contributed by atoms with Crippen LogP contribution in [0.3, 0.4) is 0 Å². The summed E-state index contributed by atoms with van der Waals surface area (Å²) in [6, 6.07) is 0. The van der Waals surface area contributed by atoms with E-state index in [1.807, 2.05) is 4.90 Å². The Morgan fingerprint density at radius 1 is 1.31 bits per heavy atom. The maximum absolute atomic E-state index is 11.9. The SMILES string of the molecule is CCC(C)(C)N(COC)CC(=O)C(C)(C)N. The van der Waals surface area contributed by atoms with Gasteiger partial charge in [-0.1, -0.05) is 6.92 Å². The summed E-state index contributed by atoms with van der Waals surface area (Å²) >= 11 is 0. The van der Waals surface area contributed by atoms with Gasteiger partial charge < -0.3 is 10.5 Å². The van der Waals surface area contributed by atoms with E-state index in [1.54, 1.807) is 21.0 Å². The normalized spacial score (nSPS) is 13.2. The molecule has 2 N–H and O–H groups in total. The van der Waals surface area contributed by atoms with Gasteiger partial charge in [0, 0.05) is 12.6 Å². The molecule has 4 nitrogen and oxygen atoms in total. The molecule has 16 heavy (non-hydrogen) atoms. The van der Waals surface area contributed by atoms with Gasteiger partial charge in [0.15, 0.2) is 5.78 Å². The number of hydrogen-bond acceptors (Lipinski definition) is 4. The van der Waals surface area contributed by atoms with Gasteiger partial charge in [-0.3, -0.25) is 9.69 Å². The molecule has 0 aromatic rings. The number of carbonyl (C=O) groups is 1. The van der Waals surface area contributed by atoms with Crippen molar-refractivity contribution >= 4 is 5.78 Å². The maximum Gasteiger partial charge on any atom is 0.166 e. The third-order valence-corrected chi connectivity index (χ3v) is 3.06. The minimum atomic E-state index is -0.782. The highest BCUT2D eigenvalue weighted by molar-refractivity contribution is 5.89. The number of nitrogens with zero attached hydrogens (tertiary/aromatic N) is 1. The molecule has 0 amide bonds. The van der Waals surface area contributed by atoms with Crippen LogP contribution in [0.2, 0.25) is 0 Å². The first-order valence-electron chi connectivity index (χ1n) is 5.71. The highest BCUT2D eigenvalue weighted by atomic mass is 16.5. The van der Waals surface area contributed by atoms with Crippen LogP contribution in [-0.2, 0) is 9.53 Å². The van der Waals surface area contributed by atoms with Gasteiger partial charge in [-0.2, -0.15) is 0 Å². The lowest BCUT2D eigenvalue weighted by molar-refractivity contribution is -0.128. The predicted octanol–water partition coefficient (Wildman–Crippen LogP) is 1.39. The van der Waals surface area contributed by atoms with Gasteiger partial charge in [0.25, 0.3) is 0 Å². The van der Waals surface area contributed by atoms with E-state index in [9.17, 15) is 4.79 Å². The van der Waals surface area contributed by atoms with Crippen molar-refractivity contribution in [3.63, 3.8) is 0 Å². The van der Waals surface area contributed by atoms with Crippen molar-refractivity contribution in [3.05, 3.63) is 0 Å². The van der Waals surface area contributed by atoms with E-state index in [2.05, 4.69) is 20.8 Å². The van der Waals surface area contributed by atoms with Gasteiger partial charge in [0.1, 0.15) is 0 Å². The minimum Gasteiger partial charge on any atom is -0.369 e. The van der Waals surface area contributed by atoms with Crippen molar-refractivity contribution < 1.29 is 9.53 Å². The maximum atomic E-state index is 11.9. The number of hydrogen-bond donors (Lipinski definition) is 1. The lowest BCUT2D eigenvalue weighted by Gasteiger charge is -2.38. The van der Waals surface area contributed by atoms with E-state index in [-0.39, 0.29) is 11.3 Å². The van der Waals surface area contributed by atoms with Gasteiger partial charge in [0.05, 0.1) is 18.8 Å². The van der Waals surface area contributed by atoms with Gasteiger partial charge in [0.2, 0.25) is 0 Å². The summed E-state index contributed by atoms with van der Waals surface area (Å²) in [4.78, 5) is 13.9. The molecular formula is C12H26N2O2. The van der Waals surface area contributed by atoms with Gasteiger partial charge in [-0.15, -0.1) is 0 Å². The Labute approximate surface area is 99.1 Å². The molecule has 0 atom stereocenters. The zero-order valence-electron chi connectivity index (χ0n) is 11.5. The Kier molecular flexibility index (Phi) is 5.59. The summed E-state index contributed by atoms with van der Waals surface area (Å²) in [7, 11) is 1.64. The fourth-order valence-electron chi connectivity index (χ4n) is 1.19. The van der Waals surface area contributed by atoms with Gasteiger partial charge in [-0.25, -0.2) is 0 Å². The molecule has 0 saturated carbocycles. The van der Waals surface area contributed by atoms with Crippen LogP contribution in [-0.4, -0.2) is 42.1 Å². The molecule has 0 bridgehead atoms. The zero-order chi connectivity index (χ0) is 13.0. The van der Waals surface area contributed by atoms with Crippen LogP contribution in [0.1, 0.15) is 41.0 Å². The van der Waals surface area contributed by atoms with Crippen LogP contribution >= 0.6 is 0 Å². The van der Waals surface area contributed by atoms with Crippen molar-refractivity contribution in [2.24, 2.45) is 5.73 Å². The molecule has 0 heterocycles. The minimum absolute atomic E-state index is 0.0334. The molecule has 0 radical (unpaired) electrons. The first-order chi connectivity index (χ1) is 7.15. The third kappa shape index (κ3) is 4.60. The van der Waals surface area contributed by atoms with Crippen molar-refractivity contribution in [3.8, 4) is 0 Å². The summed E-state index contributed by atoms with van der Waals surface area (Å²) < 4.78 is 5.14. The fraction of sp³-hybridized carbons (Fsp3) is 0.917. The Hall–Kier alpha value is -0.450.